The highest BCUT2D eigenvalue weighted by atomic mass is 32.2. The van der Waals surface area contributed by atoms with Crippen molar-refractivity contribution in [1.82, 2.24) is 9.62 Å². The minimum Gasteiger partial charge on any atom is -0.295 e. The smallest absolute Gasteiger partial charge is 0.240 e. The van der Waals surface area contributed by atoms with Gasteiger partial charge in [-0.25, -0.2) is 13.1 Å². The van der Waals surface area contributed by atoms with Crippen LogP contribution in [0.15, 0.2) is 52.1 Å². The van der Waals surface area contributed by atoms with Crippen LogP contribution in [0, 0.1) is 0 Å². The Bertz CT molecular complexity index is 678. The molecule has 0 bridgehead atoms. The third kappa shape index (κ3) is 3.57. The zero-order valence-electron chi connectivity index (χ0n) is 12.3. The molecule has 2 heterocycles. The fourth-order valence-corrected chi connectivity index (χ4v) is 4.61. The van der Waals surface area contributed by atoms with E-state index >= 15 is 0 Å². The van der Waals surface area contributed by atoms with E-state index in [1.807, 2.05) is 11.4 Å². The summed E-state index contributed by atoms with van der Waals surface area (Å²) in [5.74, 6) is 0. The molecular formula is C16H20N2O2S2. The third-order valence-electron chi connectivity index (χ3n) is 4.03. The van der Waals surface area contributed by atoms with Crippen molar-refractivity contribution in [2.75, 3.05) is 19.6 Å². The maximum atomic E-state index is 12.4. The van der Waals surface area contributed by atoms with Crippen LogP contribution in [0.3, 0.4) is 0 Å². The molecule has 1 atom stereocenters. The predicted octanol–water partition coefficient (Wildman–Crippen LogP) is 2.86. The monoisotopic (exact) mass is 336 g/mol. The summed E-state index contributed by atoms with van der Waals surface area (Å²) in [4.78, 5) is 2.69. The Hall–Kier alpha value is -1.21. The largest absolute Gasteiger partial charge is 0.295 e. The van der Waals surface area contributed by atoms with Crippen molar-refractivity contribution in [1.29, 1.82) is 0 Å². The maximum absolute atomic E-state index is 12.4. The molecule has 1 N–H and O–H groups in total. The van der Waals surface area contributed by atoms with Gasteiger partial charge in [0.1, 0.15) is 0 Å². The molecule has 0 radical (unpaired) electrons. The normalized spacial score (nSPS) is 17.6. The number of hydrogen-bond donors (Lipinski definition) is 1. The molecule has 1 aliphatic heterocycles. The first kappa shape index (κ1) is 15.7. The number of nitrogens with zero attached hydrogens (tertiary/aromatic N) is 1. The van der Waals surface area contributed by atoms with Gasteiger partial charge in [0.25, 0.3) is 0 Å². The SMILES string of the molecule is O=S(=O)(NC[C@H](c1ccsc1)N1CCCC1)c1ccccc1. The lowest BCUT2D eigenvalue weighted by Gasteiger charge is -2.27. The summed E-state index contributed by atoms with van der Waals surface area (Å²) in [6, 6.07) is 10.8. The molecule has 118 valence electrons. The number of hydrogen-bond acceptors (Lipinski definition) is 4. The highest BCUT2D eigenvalue weighted by Crippen LogP contribution is 2.26. The second kappa shape index (κ2) is 6.91. The van der Waals surface area contributed by atoms with E-state index in [0.717, 1.165) is 13.1 Å². The zero-order valence-corrected chi connectivity index (χ0v) is 13.9. The Morgan fingerprint density at radius 2 is 1.86 bits per heavy atom. The van der Waals surface area contributed by atoms with Crippen LogP contribution < -0.4 is 4.72 Å². The van der Waals surface area contributed by atoms with E-state index in [2.05, 4.69) is 21.1 Å². The van der Waals surface area contributed by atoms with Crippen molar-refractivity contribution in [2.24, 2.45) is 0 Å². The molecular weight excluding hydrogens is 316 g/mol. The van der Waals surface area contributed by atoms with E-state index < -0.39 is 10.0 Å². The van der Waals surface area contributed by atoms with Gasteiger partial charge in [0.15, 0.2) is 0 Å². The Labute approximate surface area is 135 Å². The van der Waals surface area contributed by atoms with E-state index in [1.54, 1.807) is 35.6 Å². The number of likely N-dealkylation sites (tertiary alicyclic amines) is 1. The minimum atomic E-state index is -3.45. The summed E-state index contributed by atoms with van der Waals surface area (Å²) in [6.07, 6.45) is 2.37. The van der Waals surface area contributed by atoms with Gasteiger partial charge in [0.2, 0.25) is 10.0 Å². The Morgan fingerprint density at radius 1 is 1.14 bits per heavy atom. The lowest BCUT2D eigenvalue weighted by Crippen LogP contribution is -2.36. The van der Waals surface area contributed by atoms with Crippen molar-refractivity contribution in [3.63, 3.8) is 0 Å². The molecule has 1 aromatic carbocycles. The number of benzene rings is 1. The van der Waals surface area contributed by atoms with Crippen LogP contribution in [0.5, 0.6) is 0 Å². The number of nitrogens with one attached hydrogen (secondary N) is 1. The van der Waals surface area contributed by atoms with Gasteiger partial charge >= 0.3 is 0 Å². The van der Waals surface area contributed by atoms with Crippen LogP contribution in [0.25, 0.3) is 0 Å². The number of thiophene rings is 1. The minimum absolute atomic E-state index is 0.118. The van der Waals surface area contributed by atoms with Gasteiger partial charge in [-0.15, -0.1) is 0 Å². The average molecular weight is 336 g/mol. The molecule has 1 saturated heterocycles. The predicted molar refractivity (Wildman–Crippen MR) is 89.5 cm³/mol. The summed E-state index contributed by atoms with van der Waals surface area (Å²) in [6.45, 7) is 2.48. The van der Waals surface area contributed by atoms with Gasteiger partial charge in [0.05, 0.1) is 4.90 Å². The van der Waals surface area contributed by atoms with Crippen molar-refractivity contribution in [2.45, 2.75) is 23.8 Å². The lowest BCUT2D eigenvalue weighted by atomic mass is 10.1. The van der Waals surface area contributed by atoms with Crippen LogP contribution in [-0.4, -0.2) is 33.0 Å². The molecule has 3 rings (SSSR count). The van der Waals surface area contributed by atoms with Gasteiger partial charge < -0.3 is 0 Å². The lowest BCUT2D eigenvalue weighted by molar-refractivity contribution is 0.247. The number of sulfonamides is 1. The molecule has 2 aromatic rings. The van der Waals surface area contributed by atoms with E-state index in [0.29, 0.717) is 11.4 Å². The second-order valence-corrected chi connectivity index (χ2v) is 8.03. The fraction of sp³-hybridized carbons (Fsp3) is 0.375. The van der Waals surface area contributed by atoms with Crippen molar-refractivity contribution in [3.8, 4) is 0 Å². The summed E-state index contributed by atoms with van der Waals surface area (Å²) in [5.41, 5.74) is 1.20. The van der Waals surface area contributed by atoms with Gasteiger partial charge in [-0.2, -0.15) is 11.3 Å². The van der Waals surface area contributed by atoms with Gasteiger partial charge in [-0.3, -0.25) is 4.90 Å². The highest BCUT2D eigenvalue weighted by molar-refractivity contribution is 7.89. The summed E-state index contributed by atoms with van der Waals surface area (Å²) >= 11 is 1.65. The van der Waals surface area contributed by atoms with E-state index in [4.69, 9.17) is 0 Å². The summed E-state index contributed by atoms with van der Waals surface area (Å²) in [5, 5.41) is 4.16. The first-order chi connectivity index (χ1) is 10.7. The Balaban J connectivity index is 1.74. The molecule has 1 aromatic heterocycles. The topological polar surface area (TPSA) is 49.4 Å². The van der Waals surface area contributed by atoms with Crippen LogP contribution in [0.4, 0.5) is 0 Å². The van der Waals surface area contributed by atoms with Gasteiger partial charge in [0, 0.05) is 12.6 Å². The van der Waals surface area contributed by atoms with Crippen molar-refractivity contribution in [3.05, 3.63) is 52.7 Å². The van der Waals surface area contributed by atoms with Crippen LogP contribution in [0.1, 0.15) is 24.4 Å². The molecule has 0 spiro atoms. The summed E-state index contributed by atoms with van der Waals surface area (Å²) in [7, 11) is -3.45. The number of rotatable bonds is 6. The molecule has 1 fully saturated rings. The van der Waals surface area contributed by atoms with E-state index in [1.165, 1.54) is 18.4 Å². The first-order valence-electron chi connectivity index (χ1n) is 7.48. The van der Waals surface area contributed by atoms with Gasteiger partial charge in [-0.1, -0.05) is 18.2 Å². The Kier molecular flexibility index (Phi) is 4.93. The average Bonchev–Trinajstić information content (AvgIpc) is 3.22. The first-order valence-corrected chi connectivity index (χ1v) is 9.90. The molecule has 0 unspecified atom stereocenters. The molecule has 22 heavy (non-hydrogen) atoms. The quantitative estimate of drug-likeness (QED) is 0.882. The van der Waals surface area contributed by atoms with E-state index in [9.17, 15) is 8.42 Å². The highest BCUT2D eigenvalue weighted by Gasteiger charge is 2.25. The molecule has 6 heteroatoms. The molecule has 4 nitrogen and oxygen atoms in total. The molecule has 1 aliphatic rings. The Morgan fingerprint density at radius 3 is 2.50 bits per heavy atom. The van der Waals surface area contributed by atoms with Crippen LogP contribution >= 0.6 is 11.3 Å². The van der Waals surface area contributed by atoms with Crippen molar-refractivity contribution < 1.29 is 8.42 Å². The third-order valence-corrected chi connectivity index (χ3v) is 6.17. The standard InChI is InChI=1S/C16H20N2O2S2/c19-22(20,15-6-2-1-3-7-15)17-12-16(14-8-11-21-13-14)18-9-4-5-10-18/h1-3,6-8,11,13,16-17H,4-5,9-10,12H2/t16-/m1/s1. The van der Waals surface area contributed by atoms with E-state index in [-0.39, 0.29) is 6.04 Å². The van der Waals surface area contributed by atoms with Gasteiger partial charge in [-0.05, 0) is 60.5 Å². The van der Waals surface area contributed by atoms with Crippen LogP contribution in [-0.2, 0) is 10.0 Å². The fourth-order valence-electron chi connectivity index (χ4n) is 2.85. The van der Waals surface area contributed by atoms with Crippen molar-refractivity contribution >= 4 is 21.4 Å². The molecule has 0 saturated carbocycles. The molecule has 0 aliphatic carbocycles. The zero-order chi connectivity index (χ0) is 15.4. The molecule has 0 amide bonds. The second-order valence-electron chi connectivity index (χ2n) is 5.48. The maximum Gasteiger partial charge on any atom is 0.240 e. The van der Waals surface area contributed by atoms with Crippen LogP contribution in [0.2, 0.25) is 0 Å². The summed E-state index contributed by atoms with van der Waals surface area (Å²) < 4.78 is 27.6.